The van der Waals surface area contributed by atoms with Gasteiger partial charge < -0.3 is 16.0 Å². The van der Waals surface area contributed by atoms with Gasteiger partial charge in [-0.05, 0) is 36.8 Å². The topological polar surface area (TPSA) is 88.7 Å². The number of halogens is 1. The lowest BCUT2D eigenvalue weighted by Gasteiger charge is -2.22. The van der Waals surface area contributed by atoms with Crippen molar-refractivity contribution in [2.45, 2.75) is 19.9 Å². The molecule has 1 aliphatic rings. The molecule has 0 bridgehead atoms. The Morgan fingerprint density at radius 2 is 2.00 bits per heavy atom. The number of nitrogens with one attached hydrogen (secondary N) is 3. The number of carbonyl (C=O) groups excluding carboxylic acids is 2. The number of carbonyl (C=O) groups is 2. The monoisotopic (exact) mass is 379 g/mol. The van der Waals surface area contributed by atoms with Gasteiger partial charge in [-0.25, -0.2) is 4.79 Å². The fourth-order valence-corrected chi connectivity index (χ4v) is 4.43. The van der Waals surface area contributed by atoms with Crippen LogP contribution in [0.25, 0.3) is 0 Å². The Labute approximate surface area is 155 Å². The molecule has 3 rings (SSSR count). The van der Waals surface area contributed by atoms with Gasteiger partial charge in [-0.2, -0.15) is 0 Å². The number of quaternary nitrogens is 1. The molecule has 0 fully saturated rings. The predicted molar refractivity (Wildman–Crippen MR) is 101 cm³/mol. The highest BCUT2D eigenvalue weighted by molar-refractivity contribution is 7.17. The third-order valence-corrected chi connectivity index (χ3v) is 5.70. The lowest BCUT2D eigenvalue weighted by molar-refractivity contribution is -0.913. The third kappa shape index (κ3) is 3.95. The first-order valence-electron chi connectivity index (χ1n) is 8.09. The maximum Gasteiger partial charge on any atom is 0.324 e. The number of amides is 3. The van der Waals surface area contributed by atoms with Crippen LogP contribution in [0, 0.1) is 0 Å². The van der Waals surface area contributed by atoms with Crippen molar-refractivity contribution in [3.05, 3.63) is 45.3 Å². The van der Waals surface area contributed by atoms with Gasteiger partial charge in [-0.15, -0.1) is 11.3 Å². The highest BCUT2D eigenvalue weighted by Crippen LogP contribution is 2.34. The zero-order valence-electron chi connectivity index (χ0n) is 13.8. The van der Waals surface area contributed by atoms with E-state index in [1.807, 2.05) is 0 Å². The summed E-state index contributed by atoms with van der Waals surface area (Å²) in [5, 5.41) is 6.60. The molecule has 132 valence electrons. The van der Waals surface area contributed by atoms with E-state index in [9.17, 15) is 9.59 Å². The third-order valence-electron chi connectivity index (χ3n) is 4.31. The van der Waals surface area contributed by atoms with Crippen molar-refractivity contribution < 1.29 is 14.5 Å². The maximum absolute atomic E-state index is 12.3. The minimum Gasteiger partial charge on any atom is -0.365 e. The minimum absolute atomic E-state index is 0.414. The molecule has 6 nitrogen and oxygen atoms in total. The van der Waals surface area contributed by atoms with Crippen molar-refractivity contribution >= 4 is 45.6 Å². The number of benzene rings is 1. The van der Waals surface area contributed by atoms with Crippen molar-refractivity contribution in [1.82, 2.24) is 0 Å². The number of hydrogen-bond acceptors (Lipinski definition) is 3. The number of hydrogen-bond donors (Lipinski definition) is 4. The summed E-state index contributed by atoms with van der Waals surface area (Å²) in [7, 11) is 0. The number of nitrogens with two attached hydrogens (primary N) is 1. The molecular formula is C17H20ClN4O2S+. The van der Waals surface area contributed by atoms with Gasteiger partial charge in [0.1, 0.15) is 11.5 Å². The van der Waals surface area contributed by atoms with E-state index >= 15 is 0 Å². The summed E-state index contributed by atoms with van der Waals surface area (Å²) in [5.41, 5.74) is 7.61. The van der Waals surface area contributed by atoms with Gasteiger partial charge in [-0.1, -0.05) is 11.6 Å². The molecule has 1 unspecified atom stereocenters. The van der Waals surface area contributed by atoms with Gasteiger partial charge in [0.25, 0.3) is 5.91 Å². The van der Waals surface area contributed by atoms with Crippen LogP contribution in [0.3, 0.4) is 0 Å². The Morgan fingerprint density at radius 1 is 1.28 bits per heavy atom. The molecule has 0 aliphatic carbocycles. The molecule has 1 atom stereocenters. The molecule has 1 aromatic heterocycles. The zero-order valence-corrected chi connectivity index (χ0v) is 15.4. The summed E-state index contributed by atoms with van der Waals surface area (Å²) in [4.78, 5) is 26.8. The second kappa shape index (κ2) is 7.43. The Hall–Kier alpha value is -2.09. The van der Waals surface area contributed by atoms with Crippen molar-refractivity contribution in [3.63, 3.8) is 0 Å². The van der Waals surface area contributed by atoms with E-state index in [4.69, 9.17) is 17.3 Å². The summed E-state index contributed by atoms with van der Waals surface area (Å²) in [5.74, 6) is -0.501. The van der Waals surface area contributed by atoms with E-state index in [0.717, 1.165) is 36.5 Å². The molecule has 2 aromatic rings. The quantitative estimate of drug-likeness (QED) is 0.655. The van der Waals surface area contributed by atoms with Gasteiger partial charge in [0.05, 0.1) is 23.5 Å². The predicted octanol–water partition coefficient (Wildman–Crippen LogP) is 2.11. The number of rotatable bonds is 4. The molecule has 1 aliphatic heterocycles. The van der Waals surface area contributed by atoms with Crippen LogP contribution in [0.5, 0.6) is 0 Å². The van der Waals surface area contributed by atoms with Gasteiger partial charge in [0.2, 0.25) is 0 Å². The first-order valence-corrected chi connectivity index (χ1v) is 9.28. The van der Waals surface area contributed by atoms with E-state index in [1.54, 1.807) is 24.3 Å². The van der Waals surface area contributed by atoms with Crippen LogP contribution in [0.1, 0.15) is 27.7 Å². The number of anilines is 2. The average Bonchev–Trinajstić information content (AvgIpc) is 2.93. The van der Waals surface area contributed by atoms with Crippen LogP contribution in [0.2, 0.25) is 5.02 Å². The van der Waals surface area contributed by atoms with Crippen molar-refractivity contribution in [2.24, 2.45) is 5.73 Å². The van der Waals surface area contributed by atoms with Crippen LogP contribution in [0.15, 0.2) is 24.3 Å². The molecule has 1 aromatic carbocycles. The van der Waals surface area contributed by atoms with E-state index < -0.39 is 11.9 Å². The molecule has 0 spiro atoms. The zero-order chi connectivity index (χ0) is 18.0. The van der Waals surface area contributed by atoms with Gasteiger partial charge >= 0.3 is 6.03 Å². The Bertz CT molecular complexity index is 804. The van der Waals surface area contributed by atoms with Crippen LogP contribution in [-0.2, 0) is 13.0 Å². The van der Waals surface area contributed by atoms with Crippen LogP contribution in [0.4, 0.5) is 15.5 Å². The van der Waals surface area contributed by atoms with Crippen molar-refractivity contribution in [2.75, 3.05) is 23.7 Å². The first kappa shape index (κ1) is 17.7. The molecular weight excluding hydrogens is 360 g/mol. The van der Waals surface area contributed by atoms with Crippen molar-refractivity contribution in [1.29, 1.82) is 0 Å². The molecule has 3 amide bonds. The second-order valence-electron chi connectivity index (χ2n) is 5.94. The first-order chi connectivity index (χ1) is 12.0. The summed E-state index contributed by atoms with van der Waals surface area (Å²) in [6.07, 6.45) is 0.799. The number of primary amides is 1. The Morgan fingerprint density at radius 3 is 2.64 bits per heavy atom. The normalized spacial score (nSPS) is 16.2. The summed E-state index contributed by atoms with van der Waals surface area (Å²) in [6.45, 7) is 5.00. The highest BCUT2D eigenvalue weighted by atomic mass is 35.5. The summed E-state index contributed by atoms with van der Waals surface area (Å²) >= 11 is 7.27. The Balaban J connectivity index is 1.79. The van der Waals surface area contributed by atoms with Crippen LogP contribution >= 0.6 is 22.9 Å². The van der Waals surface area contributed by atoms with E-state index in [1.165, 1.54) is 16.2 Å². The minimum atomic E-state index is -0.501. The Kier molecular flexibility index (Phi) is 5.27. The van der Waals surface area contributed by atoms with E-state index in [2.05, 4.69) is 17.6 Å². The number of likely N-dealkylation sites (N-methyl/N-ethyl adjacent to an activating group) is 1. The molecule has 8 heteroatoms. The van der Waals surface area contributed by atoms with Gasteiger partial charge in [0, 0.05) is 17.1 Å². The maximum atomic E-state index is 12.3. The van der Waals surface area contributed by atoms with Crippen molar-refractivity contribution in [3.8, 4) is 0 Å². The fraction of sp³-hybridized carbons (Fsp3) is 0.294. The SMILES string of the molecule is CC[NH+]1CCc2c(sc(NC(=O)Nc3ccc(Cl)cc3)c2C(N)=O)C1. The number of urea groups is 1. The van der Waals surface area contributed by atoms with E-state index in [0.29, 0.717) is 21.3 Å². The fourth-order valence-electron chi connectivity index (χ4n) is 2.99. The van der Waals surface area contributed by atoms with Gasteiger partial charge in [0.15, 0.2) is 0 Å². The molecule has 25 heavy (non-hydrogen) atoms. The standard InChI is InChI=1S/C17H19ClN4O2S/c1-2-22-8-7-12-13(9-22)25-16(14(12)15(19)23)21-17(24)20-11-5-3-10(18)4-6-11/h3-6H,2,7-9H2,1H3,(H2,19,23)(H2,20,21,24)/p+1. The molecule has 2 heterocycles. The molecule has 0 saturated heterocycles. The van der Waals surface area contributed by atoms with Crippen LogP contribution in [-0.4, -0.2) is 25.0 Å². The lowest BCUT2D eigenvalue weighted by atomic mass is 10.0. The summed E-state index contributed by atoms with van der Waals surface area (Å²) in [6, 6.07) is 6.39. The smallest absolute Gasteiger partial charge is 0.324 e. The number of thiophene rings is 1. The molecule has 0 radical (unpaired) electrons. The molecule has 0 saturated carbocycles. The lowest BCUT2D eigenvalue weighted by Crippen LogP contribution is -3.11. The van der Waals surface area contributed by atoms with Crippen LogP contribution < -0.4 is 21.3 Å². The largest absolute Gasteiger partial charge is 0.365 e. The highest BCUT2D eigenvalue weighted by Gasteiger charge is 2.29. The number of fused-ring (bicyclic) bond motifs is 1. The average molecular weight is 380 g/mol. The second-order valence-corrected chi connectivity index (χ2v) is 7.48. The summed E-state index contributed by atoms with van der Waals surface area (Å²) < 4.78 is 0. The molecule has 5 N–H and O–H groups in total. The van der Waals surface area contributed by atoms with E-state index in [-0.39, 0.29) is 0 Å². The van der Waals surface area contributed by atoms with Gasteiger partial charge in [-0.3, -0.25) is 10.1 Å².